The monoisotopic (exact) mass is 723 g/mol. The van der Waals surface area contributed by atoms with Crippen molar-refractivity contribution < 1.29 is 32.5 Å². The molecule has 0 radical (unpaired) electrons. The van der Waals surface area contributed by atoms with Crippen LogP contribution in [0.4, 0.5) is 0 Å². The number of hydrogen-bond acceptors (Lipinski definition) is 7. The predicted octanol–water partition coefficient (Wildman–Crippen LogP) is 6.64. The molecule has 1 aromatic carbocycles. The van der Waals surface area contributed by atoms with Crippen LogP contribution in [-0.4, -0.2) is 80.5 Å². The summed E-state index contributed by atoms with van der Waals surface area (Å²) in [5, 5.41) is 12.6. The number of sulfone groups is 1. The normalized spacial score (nSPS) is 48.4. The van der Waals surface area contributed by atoms with Gasteiger partial charge in [-0.15, -0.1) is 0 Å². The number of morpholine rings is 1. The molecule has 0 aromatic heterocycles. The number of carbonyl (C=O) groups excluding carboxylic acids is 1. The zero-order valence-electron chi connectivity index (χ0n) is 31.5. The van der Waals surface area contributed by atoms with Gasteiger partial charge in [-0.3, -0.25) is 4.79 Å². The van der Waals surface area contributed by atoms with E-state index in [4.69, 9.17) is 14.2 Å². The molecule has 2 heterocycles. The van der Waals surface area contributed by atoms with Gasteiger partial charge in [0.2, 0.25) is 5.91 Å². The molecule has 0 bridgehead atoms. The number of ether oxygens (including phenoxy) is 3. The van der Waals surface area contributed by atoms with E-state index in [1.807, 2.05) is 11.0 Å². The smallest absolute Gasteiger partial charge is 0.223 e. The molecule has 1 aromatic rings. The fourth-order valence-corrected chi connectivity index (χ4v) is 16.0. The minimum atomic E-state index is -3.50. The van der Waals surface area contributed by atoms with Gasteiger partial charge in [-0.05, 0) is 128 Å². The molecule has 9 rings (SSSR count). The van der Waals surface area contributed by atoms with Gasteiger partial charge in [-0.2, -0.15) is 0 Å². The van der Waals surface area contributed by atoms with E-state index in [2.05, 4.69) is 34.6 Å². The zero-order valence-corrected chi connectivity index (χ0v) is 32.3. The summed E-state index contributed by atoms with van der Waals surface area (Å²) in [6.45, 7) is 13.7. The highest BCUT2D eigenvalue weighted by Crippen LogP contribution is 2.89. The van der Waals surface area contributed by atoms with Gasteiger partial charge in [0.15, 0.2) is 16.1 Å². The molecule has 282 valence electrons. The van der Waals surface area contributed by atoms with Crippen molar-refractivity contribution >= 4 is 15.7 Å². The van der Waals surface area contributed by atoms with Gasteiger partial charge in [0.25, 0.3) is 0 Å². The molecule has 9 heteroatoms. The van der Waals surface area contributed by atoms with E-state index in [1.54, 1.807) is 24.3 Å². The van der Waals surface area contributed by atoms with Crippen LogP contribution in [0.5, 0.6) is 0 Å². The Labute approximate surface area is 305 Å². The Kier molecular flexibility index (Phi) is 8.10. The molecule has 1 amide bonds. The SMILES string of the molecule is C[C@@H]1C[C@H](CS(=O)(=O)c2ccccc2)O[C@H]2[C@H]1C1(C)CC[C@@]34CC35CC[C@H](O[C@H]3CN(C(=O)CC6CC6)CCO3)C(C)(C)[C@@H]5CCC4[C@]1(C)[C@H]2O. The van der Waals surface area contributed by atoms with E-state index in [0.29, 0.717) is 55.2 Å². The van der Waals surface area contributed by atoms with Crippen molar-refractivity contribution in [1.29, 1.82) is 0 Å². The maximum atomic E-state index is 13.4. The Hall–Kier alpha value is -1.52. The second-order valence-electron chi connectivity index (χ2n) is 19.6. The molecule has 2 aliphatic heterocycles. The van der Waals surface area contributed by atoms with Crippen molar-refractivity contribution in [2.75, 3.05) is 25.4 Å². The molecule has 8 fully saturated rings. The first kappa shape index (κ1) is 35.2. The molecule has 13 atom stereocenters. The van der Waals surface area contributed by atoms with Crippen LogP contribution in [0.2, 0.25) is 0 Å². The Balaban J connectivity index is 0.923. The van der Waals surface area contributed by atoms with Crippen LogP contribution in [0.15, 0.2) is 35.2 Å². The second-order valence-corrected chi connectivity index (χ2v) is 21.7. The standard InChI is InChI=1S/C42H61NO7S/c1-26-21-28(24-51(46,47)29-9-7-6-8-10-29)49-36-35(26)39(4)17-18-42-25-41(42)16-15-32(38(2,3)30(41)13-14-31(42)40(39,5)37(36)45)50-34-23-43(19-20-48-34)33(44)22-27-11-12-27/h6-10,26-28,30-32,34-37,45H,11-25H2,1-5H3/t26-,28-,30+,31?,32+,34+,35+,36+,37+,39?,40-,41?,42+/m1/s1. The van der Waals surface area contributed by atoms with Crippen molar-refractivity contribution in [1.82, 2.24) is 4.90 Å². The lowest BCUT2D eigenvalue weighted by atomic mass is 9.41. The van der Waals surface area contributed by atoms with Gasteiger partial charge in [0.05, 0.1) is 48.2 Å². The molecule has 6 aliphatic carbocycles. The zero-order chi connectivity index (χ0) is 35.8. The fourth-order valence-electron chi connectivity index (χ4n) is 14.5. The average molecular weight is 724 g/mol. The summed E-state index contributed by atoms with van der Waals surface area (Å²) in [6, 6.07) is 8.72. The van der Waals surface area contributed by atoms with E-state index in [9.17, 15) is 18.3 Å². The quantitative estimate of drug-likeness (QED) is 0.337. The Morgan fingerprint density at radius 2 is 1.71 bits per heavy atom. The van der Waals surface area contributed by atoms with Crippen LogP contribution in [0, 0.1) is 56.7 Å². The van der Waals surface area contributed by atoms with Crippen LogP contribution in [-0.2, 0) is 28.8 Å². The Morgan fingerprint density at radius 3 is 2.45 bits per heavy atom. The van der Waals surface area contributed by atoms with Crippen LogP contribution in [0.25, 0.3) is 0 Å². The van der Waals surface area contributed by atoms with Crippen molar-refractivity contribution in [2.45, 2.75) is 141 Å². The first-order valence-corrected chi connectivity index (χ1v) is 22.0. The largest absolute Gasteiger partial charge is 0.390 e. The molecular weight excluding hydrogens is 663 g/mol. The number of nitrogens with zero attached hydrogens (tertiary/aromatic N) is 1. The van der Waals surface area contributed by atoms with Crippen LogP contribution in [0.3, 0.4) is 0 Å². The molecule has 1 N–H and O–H groups in total. The Morgan fingerprint density at radius 1 is 0.980 bits per heavy atom. The summed E-state index contributed by atoms with van der Waals surface area (Å²) < 4.78 is 46.6. The van der Waals surface area contributed by atoms with Crippen molar-refractivity contribution in [3.05, 3.63) is 30.3 Å². The van der Waals surface area contributed by atoms with Crippen molar-refractivity contribution in [3.63, 3.8) is 0 Å². The summed E-state index contributed by atoms with van der Waals surface area (Å²) >= 11 is 0. The first-order chi connectivity index (χ1) is 24.2. The van der Waals surface area contributed by atoms with Crippen LogP contribution in [0.1, 0.15) is 105 Å². The number of fused-ring (bicyclic) bond motifs is 4. The minimum absolute atomic E-state index is 0.0184. The second kappa shape index (κ2) is 11.7. The number of carbonyl (C=O) groups is 1. The van der Waals surface area contributed by atoms with Gasteiger partial charge in [-0.25, -0.2) is 8.42 Å². The molecular formula is C42H61NO7S. The lowest BCUT2D eigenvalue weighted by Crippen LogP contribution is -2.60. The highest BCUT2D eigenvalue weighted by atomic mass is 32.2. The molecule has 8 aliphatic rings. The maximum absolute atomic E-state index is 13.4. The number of benzene rings is 1. The summed E-state index contributed by atoms with van der Waals surface area (Å²) in [7, 11) is -3.50. The number of rotatable bonds is 7. The van der Waals surface area contributed by atoms with Gasteiger partial charge in [0, 0.05) is 18.4 Å². The van der Waals surface area contributed by atoms with Gasteiger partial charge >= 0.3 is 0 Å². The van der Waals surface area contributed by atoms with Gasteiger partial charge < -0.3 is 24.2 Å². The van der Waals surface area contributed by atoms with E-state index in [-0.39, 0.29) is 69.1 Å². The minimum Gasteiger partial charge on any atom is -0.390 e. The average Bonchev–Trinajstić information content (AvgIpc) is 4.02. The lowest BCUT2D eigenvalue weighted by Gasteiger charge is -2.64. The third kappa shape index (κ3) is 5.02. The molecule has 3 unspecified atom stereocenters. The van der Waals surface area contributed by atoms with Crippen LogP contribution < -0.4 is 0 Å². The number of aliphatic hydroxyl groups is 1. The number of amides is 1. The molecule has 2 saturated heterocycles. The first-order valence-electron chi connectivity index (χ1n) is 20.3. The number of aliphatic hydroxyl groups excluding tert-OH is 1. The predicted molar refractivity (Wildman–Crippen MR) is 193 cm³/mol. The Bertz CT molecular complexity index is 1650. The van der Waals surface area contributed by atoms with Crippen LogP contribution >= 0.6 is 0 Å². The molecule has 8 nitrogen and oxygen atoms in total. The maximum Gasteiger partial charge on any atom is 0.223 e. The summed E-state index contributed by atoms with van der Waals surface area (Å²) in [5.74, 6) is 2.26. The molecule has 2 spiro atoms. The van der Waals surface area contributed by atoms with Crippen molar-refractivity contribution in [3.8, 4) is 0 Å². The fraction of sp³-hybridized carbons (Fsp3) is 0.833. The summed E-state index contributed by atoms with van der Waals surface area (Å²) in [4.78, 5) is 15.2. The number of hydrogen-bond donors (Lipinski definition) is 1. The summed E-state index contributed by atoms with van der Waals surface area (Å²) in [5.41, 5.74) is 0.127. The third-order valence-corrected chi connectivity index (χ3v) is 19.0. The molecule has 51 heavy (non-hydrogen) atoms. The topological polar surface area (TPSA) is 102 Å². The summed E-state index contributed by atoms with van der Waals surface area (Å²) in [6.07, 6.45) is 10.1. The van der Waals surface area contributed by atoms with E-state index < -0.39 is 22.0 Å². The van der Waals surface area contributed by atoms with Crippen molar-refractivity contribution in [2.24, 2.45) is 56.7 Å². The van der Waals surface area contributed by atoms with E-state index >= 15 is 0 Å². The highest BCUT2D eigenvalue weighted by molar-refractivity contribution is 7.91. The lowest BCUT2D eigenvalue weighted by molar-refractivity contribution is -0.248. The van der Waals surface area contributed by atoms with E-state index in [1.165, 1.54) is 25.7 Å². The highest BCUT2D eigenvalue weighted by Gasteiger charge is 2.84. The van der Waals surface area contributed by atoms with Gasteiger partial charge in [0.1, 0.15) is 0 Å². The third-order valence-electron chi connectivity index (χ3n) is 17.2. The van der Waals surface area contributed by atoms with E-state index in [0.717, 1.165) is 32.1 Å². The molecule has 6 saturated carbocycles. The van der Waals surface area contributed by atoms with Gasteiger partial charge in [-0.1, -0.05) is 52.8 Å².